The van der Waals surface area contributed by atoms with E-state index in [2.05, 4.69) is 5.32 Å². The van der Waals surface area contributed by atoms with Gasteiger partial charge in [0.2, 0.25) is 5.91 Å². The van der Waals surface area contributed by atoms with Crippen molar-refractivity contribution >= 4 is 29.1 Å². The van der Waals surface area contributed by atoms with Crippen molar-refractivity contribution in [3.63, 3.8) is 0 Å². The fourth-order valence-corrected chi connectivity index (χ4v) is 2.62. The fraction of sp³-hybridized carbons (Fsp3) is 0.222. The summed E-state index contributed by atoms with van der Waals surface area (Å²) in [4.78, 5) is 26.0. The van der Waals surface area contributed by atoms with Crippen LogP contribution < -0.4 is 10.1 Å². The molecule has 0 aromatic heterocycles. The quantitative estimate of drug-likeness (QED) is 0.927. The van der Waals surface area contributed by atoms with Gasteiger partial charge in [-0.2, -0.15) is 0 Å². The summed E-state index contributed by atoms with van der Waals surface area (Å²) in [7, 11) is 1.70. The van der Waals surface area contributed by atoms with Crippen LogP contribution in [-0.4, -0.2) is 29.9 Å². The number of halogens is 1. The van der Waals surface area contributed by atoms with Crippen LogP contribution in [0.2, 0.25) is 5.02 Å². The minimum absolute atomic E-state index is 0.00967. The first-order valence-corrected chi connectivity index (χ1v) is 7.95. The number of ether oxygens (including phenoxy) is 1. The first-order chi connectivity index (χ1) is 11.5. The van der Waals surface area contributed by atoms with E-state index in [0.717, 1.165) is 5.56 Å². The Morgan fingerprint density at radius 1 is 1.21 bits per heavy atom. The standard InChI is InChI=1S/C18H17ClN2O3/c1-21(11-12-6-8-13(19)9-7-12)17(22)10-16-18(23)20-14-4-2-3-5-15(14)24-16/h2-9,16H,10-11H2,1H3,(H,20,23). The van der Waals surface area contributed by atoms with Crippen LogP contribution in [0.15, 0.2) is 48.5 Å². The highest BCUT2D eigenvalue weighted by Crippen LogP contribution is 2.29. The summed E-state index contributed by atoms with van der Waals surface area (Å²) in [6.45, 7) is 0.445. The summed E-state index contributed by atoms with van der Waals surface area (Å²) in [5.74, 6) is 0.113. The molecule has 0 saturated carbocycles. The van der Waals surface area contributed by atoms with Crippen LogP contribution in [0.5, 0.6) is 5.75 Å². The minimum Gasteiger partial charge on any atom is -0.478 e. The monoisotopic (exact) mass is 344 g/mol. The van der Waals surface area contributed by atoms with Gasteiger partial charge in [-0.15, -0.1) is 0 Å². The molecule has 2 aromatic carbocycles. The van der Waals surface area contributed by atoms with Gasteiger partial charge in [0.1, 0.15) is 5.75 Å². The minimum atomic E-state index is -0.819. The maximum atomic E-state index is 12.4. The van der Waals surface area contributed by atoms with Gasteiger partial charge in [0.25, 0.3) is 5.91 Å². The molecule has 6 heteroatoms. The lowest BCUT2D eigenvalue weighted by molar-refractivity contribution is -0.136. The zero-order valence-corrected chi connectivity index (χ0v) is 13.9. The summed E-state index contributed by atoms with van der Waals surface area (Å²) in [5, 5.41) is 3.41. The highest BCUT2D eigenvalue weighted by atomic mass is 35.5. The second-order valence-corrected chi connectivity index (χ2v) is 6.11. The molecule has 1 N–H and O–H groups in total. The Bertz CT molecular complexity index is 761. The lowest BCUT2D eigenvalue weighted by Gasteiger charge is -2.27. The van der Waals surface area contributed by atoms with Crippen molar-refractivity contribution in [3.8, 4) is 5.75 Å². The third-order valence-corrected chi connectivity index (χ3v) is 4.08. The molecular formula is C18H17ClN2O3. The van der Waals surface area contributed by atoms with Gasteiger partial charge in [-0.1, -0.05) is 35.9 Å². The lowest BCUT2D eigenvalue weighted by atomic mass is 10.1. The van der Waals surface area contributed by atoms with E-state index in [4.69, 9.17) is 16.3 Å². The molecule has 0 bridgehead atoms. The van der Waals surface area contributed by atoms with Gasteiger partial charge in [-0.3, -0.25) is 9.59 Å². The Kier molecular flexibility index (Phi) is 4.71. The molecule has 2 aromatic rings. The van der Waals surface area contributed by atoms with E-state index in [9.17, 15) is 9.59 Å². The summed E-state index contributed by atoms with van der Waals surface area (Å²) in [5.41, 5.74) is 1.59. The Balaban J connectivity index is 1.62. The van der Waals surface area contributed by atoms with Crippen molar-refractivity contribution < 1.29 is 14.3 Å². The number of rotatable bonds is 4. The average Bonchev–Trinajstić information content (AvgIpc) is 2.57. The topological polar surface area (TPSA) is 58.6 Å². The van der Waals surface area contributed by atoms with Gasteiger partial charge in [0.15, 0.2) is 6.10 Å². The van der Waals surface area contributed by atoms with Gasteiger partial charge in [-0.05, 0) is 29.8 Å². The molecule has 1 unspecified atom stereocenters. The van der Waals surface area contributed by atoms with Crippen LogP contribution in [0, 0.1) is 0 Å². The van der Waals surface area contributed by atoms with E-state index < -0.39 is 6.10 Å². The molecule has 2 amide bonds. The van der Waals surface area contributed by atoms with Gasteiger partial charge < -0.3 is 15.0 Å². The van der Waals surface area contributed by atoms with Crippen LogP contribution in [0.4, 0.5) is 5.69 Å². The van der Waals surface area contributed by atoms with Crippen LogP contribution >= 0.6 is 11.6 Å². The molecule has 0 aliphatic carbocycles. The van der Waals surface area contributed by atoms with Crippen molar-refractivity contribution in [1.82, 2.24) is 4.90 Å². The van der Waals surface area contributed by atoms with Gasteiger partial charge >= 0.3 is 0 Å². The van der Waals surface area contributed by atoms with E-state index in [0.29, 0.717) is 23.0 Å². The second-order valence-electron chi connectivity index (χ2n) is 5.67. The van der Waals surface area contributed by atoms with Crippen LogP contribution in [0.3, 0.4) is 0 Å². The normalized spacial score (nSPS) is 15.9. The van der Waals surface area contributed by atoms with Crippen molar-refractivity contribution in [2.24, 2.45) is 0 Å². The molecule has 3 rings (SSSR count). The molecule has 0 fully saturated rings. The molecule has 0 spiro atoms. The zero-order chi connectivity index (χ0) is 17.1. The number of amides is 2. The average molecular weight is 345 g/mol. The molecule has 24 heavy (non-hydrogen) atoms. The summed E-state index contributed by atoms with van der Waals surface area (Å²) in [6, 6.07) is 14.5. The van der Waals surface area contributed by atoms with Crippen molar-refractivity contribution in [2.75, 3.05) is 12.4 Å². The molecule has 0 saturated heterocycles. The first kappa shape index (κ1) is 16.3. The highest BCUT2D eigenvalue weighted by molar-refractivity contribution is 6.30. The Hall–Kier alpha value is -2.53. The molecule has 5 nitrogen and oxygen atoms in total. The summed E-state index contributed by atoms with van der Waals surface area (Å²) >= 11 is 5.86. The number of fused-ring (bicyclic) bond motifs is 1. The van der Waals surface area contributed by atoms with Gasteiger partial charge in [-0.25, -0.2) is 0 Å². The Morgan fingerprint density at radius 3 is 2.67 bits per heavy atom. The number of anilines is 1. The van der Waals surface area contributed by atoms with E-state index >= 15 is 0 Å². The van der Waals surface area contributed by atoms with Crippen LogP contribution in [-0.2, 0) is 16.1 Å². The number of para-hydroxylation sites is 2. The van der Waals surface area contributed by atoms with Crippen molar-refractivity contribution in [1.29, 1.82) is 0 Å². The molecule has 1 atom stereocenters. The number of nitrogens with zero attached hydrogens (tertiary/aromatic N) is 1. The highest BCUT2D eigenvalue weighted by Gasteiger charge is 2.30. The van der Waals surface area contributed by atoms with Crippen molar-refractivity contribution in [2.45, 2.75) is 19.1 Å². The zero-order valence-electron chi connectivity index (χ0n) is 13.2. The Morgan fingerprint density at radius 2 is 1.92 bits per heavy atom. The summed E-state index contributed by atoms with van der Waals surface area (Å²) < 4.78 is 5.65. The SMILES string of the molecule is CN(Cc1ccc(Cl)cc1)C(=O)CC1Oc2ccccc2NC1=O. The van der Waals surface area contributed by atoms with Crippen molar-refractivity contribution in [3.05, 3.63) is 59.1 Å². The number of carbonyl (C=O) groups is 2. The van der Waals surface area contributed by atoms with E-state index in [1.54, 1.807) is 36.2 Å². The smallest absolute Gasteiger partial charge is 0.266 e. The predicted molar refractivity (Wildman–Crippen MR) is 92.0 cm³/mol. The number of nitrogens with one attached hydrogen (secondary N) is 1. The van der Waals surface area contributed by atoms with E-state index in [1.807, 2.05) is 24.3 Å². The number of carbonyl (C=O) groups excluding carboxylic acids is 2. The third kappa shape index (κ3) is 3.68. The molecule has 1 aliphatic heterocycles. The fourth-order valence-electron chi connectivity index (χ4n) is 2.49. The van der Waals surface area contributed by atoms with E-state index in [-0.39, 0.29) is 18.2 Å². The van der Waals surface area contributed by atoms with E-state index in [1.165, 1.54) is 0 Å². The lowest BCUT2D eigenvalue weighted by Crippen LogP contribution is -2.41. The predicted octanol–water partition coefficient (Wildman–Crippen LogP) is 3.09. The molecule has 0 radical (unpaired) electrons. The van der Waals surface area contributed by atoms with Gasteiger partial charge in [0, 0.05) is 18.6 Å². The van der Waals surface area contributed by atoms with Crippen LogP contribution in [0.1, 0.15) is 12.0 Å². The first-order valence-electron chi connectivity index (χ1n) is 7.58. The summed E-state index contributed by atoms with van der Waals surface area (Å²) in [6.07, 6.45) is -0.829. The van der Waals surface area contributed by atoms with Gasteiger partial charge in [0.05, 0.1) is 12.1 Å². The molecule has 124 valence electrons. The number of hydrogen-bond donors (Lipinski definition) is 1. The number of hydrogen-bond acceptors (Lipinski definition) is 3. The van der Waals surface area contributed by atoms with Crippen LogP contribution in [0.25, 0.3) is 0 Å². The molecule has 1 aliphatic rings. The third-order valence-electron chi connectivity index (χ3n) is 3.83. The molecular weight excluding hydrogens is 328 g/mol. The maximum Gasteiger partial charge on any atom is 0.266 e. The maximum absolute atomic E-state index is 12.4. The largest absolute Gasteiger partial charge is 0.478 e. The Labute approximate surface area is 145 Å². The molecule has 1 heterocycles. The second kappa shape index (κ2) is 6.93. The number of benzene rings is 2.